The van der Waals surface area contributed by atoms with Crippen molar-refractivity contribution in [2.45, 2.75) is 31.0 Å². The molecule has 4 nitrogen and oxygen atoms in total. The van der Waals surface area contributed by atoms with Crippen molar-refractivity contribution >= 4 is 5.91 Å². The van der Waals surface area contributed by atoms with Crippen molar-refractivity contribution < 1.29 is 9.90 Å². The fraction of sp³-hybridized carbons (Fsp3) is 0.316. The fourth-order valence-electron chi connectivity index (χ4n) is 3.01. The van der Waals surface area contributed by atoms with Crippen LogP contribution in [0.2, 0.25) is 0 Å². The monoisotopic (exact) mass is 310 g/mol. The lowest BCUT2D eigenvalue weighted by atomic mass is 9.95. The van der Waals surface area contributed by atoms with Crippen molar-refractivity contribution in [1.29, 1.82) is 0 Å². The first-order valence-electron chi connectivity index (χ1n) is 8.07. The molecule has 0 spiro atoms. The number of rotatable bonds is 5. The third-order valence-electron chi connectivity index (χ3n) is 4.29. The van der Waals surface area contributed by atoms with Gasteiger partial charge in [-0.2, -0.15) is 0 Å². The van der Waals surface area contributed by atoms with E-state index in [1.807, 2.05) is 60.7 Å². The van der Waals surface area contributed by atoms with Gasteiger partial charge in [-0.1, -0.05) is 60.7 Å². The van der Waals surface area contributed by atoms with Crippen molar-refractivity contribution in [3.63, 3.8) is 0 Å². The highest BCUT2D eigenvalue weighted by Gasteiger charge is 2.29. The van der Waals surface area contributed by atoms with E-state index >= 15 is 0 Å². The molecule has 0 bridgehead atoms. The summed E-state index contributed by atoms with van der Waals surface area (Å²) >= 11 is 0. The molecule has 3 N–H and O–H groups in total. The molecule has 1 heterocycles. The van der Waals surface area contributed by atoms with Crippen molar-refractivity contribution in [3.8, 4) is 0 Å². The molecule has 1 aliphatic heterocycles. The maximum atomic E-state index is 12.5. The van der Waals surface area contributed by atoms with Crippen LogP contribution in [0.15, 0.2) is 60.7 Å². The summed E-state index contributed by atoms with van der Waals surface area (Å²) < 4.78 is 0. The average molecular weight is 310 g/mol. The Labute approximate surface area is 136 Å². The number of amides is 1. The summed E-state index contributed by atoms with van der Waals surface area (Å²) in [6.07, 6.45) is 1.06. The summed E-state index contributed by atoms with van der Waals surface area (Å²) in [6, 6.07) is 18.4. The molecule has 120 valence electrons. The lowest BCUT2D eigenvalue weighted by Gasteiger charge is -2.26. The van der Waals surface area contributed by atoms with Gasteiger partial charge in [0.25, 0.3) is 0 Å². The highest BCUT2D eigenvalue weighted by atomic mass is 16.3. The van der Waals surface area contributed by atoms with Gasteiger partial charge in [-0.15, -0.1) is 0 Å². The molecular formula is C19H22N2O2. The van der Waals surface area contributed by atoms with Crippen LogP contribution in [0, 0.1) is 0 Å². The van der Waals surface area contributed by atoms with Crippen LogP contribution < -0.4 is 10.6 Å². The van der Waals surface area contributed by atoms with Gasteiger partial charge in [-0.25, -0.2) is 0 Å². The second-order valence-electron chi connectivity index (χ2n) is 5.90. The molecule has 1 unspecified atom stereocenters. The Morgan fingerprint density at radius 3 is 2.22 bits per heavy atom. The Hall–Kier alpha value is -2.17. The molecule has 3 atom stereocenters. The molecule has 1 fully saturated rings. The SMILES string of the molecule is O=C(N[C@@H](c1ccccc1)C(O)c1ccccc1)[C@@H]1CCCN1. The first kappa shape index (κ1) is 15.7. The van der Waals surface area contributed by atoms with Crippen molar-refractivity contribution in [3.05, 3.63) is 71.8 Å². The predicted octanol–water partition coefficient (Wildman–Crippen LogP) is 2.33. The number of aliphatic hydroxyl groups is 1. The van der Waals surface area contributed by atoms with E-state index in [4.69, 9.17) is 0 Å². The summed E-state index contributed by atoms with van der Waals surface area (Å²) in [5, 5.41) is 17.0. The molecule has 0 saturated carbocycles. The normalized spacial score (nSPS) is 20.0. The lowest BCUT2D eigenvalue weighted by Crippen LogP contribution is -2.43. The third kappa shape index (κ3) is 3.78. The van der Waals surface area contributed by atoms with Crippen LogP contribution in [-0.2, 0) is 4.79 Å². The number of hydrogen-bond donors (Lipinski definition) is 3. The highest BCUT2D eigenvalue weighted by molar-refractivity contribution is 5.82. The average Bonchev–Trinajstić information content (AvgIpc) is 3.15. The van der Waals surface area contributed by atoms with Crippen molar-refractivity contribution in [2.75, 3.05) is 6.54 Å². The zero-order valence-electron chi connectivity index (χ0n) is 13.0. The minimum Gasteiger partial charge on any atom is -0.386 e. The van der Waals surface area contributed by atoms with Crippen LogP contribution in [0.4, 0.5) is 0 Å². The molecular weight excluding hydrogens is 288 g/mol. The van der Waals surface area contributed by atoms with E-state index in [2.05, 4.69) is 10.6 Å². The fourth-order valence-corrected chi connectivity index (χ4v) is 3.01. The van der Waals surface area contributed by atoms with Gasteiger partial charge in [0.05, 0.1) is 12.1 Å². The Kier molecular flexibility index (Phi) is 5.05. The number of carbonyl (C=O) groups is 1. The number of carbonyl (C=O) groups excluding carboxylic acids is 1. The Bertz CT molecular complexity index is 624. The zero-order chi connectivity index (χ0) is 16.1. The van der Waals surface area contributed by atoms with Crippen LogP contribution in [0.25, 0.3) is 0 Å². The van der Waals surface area contributed by atoms with E-state index in [0.29, 0.717) is 0 Å². The van der Waals surface area contributed by atoms with Crippen LogP contribution >= 0.6 is 0 Å². The molecule has 1 aliphatic rings. The number of hydrogen-bond acceptors (Lipinski definition) is 3. The van der Waals surface area contributed by atoms with Gasteiger partial charge in [0.15, 0.2) is 0 Å². The maximum Gasteiger partial charge on any atom is 0.237 e. The molecule has 1 amide bonds. The molecule has 0 aromatic heterocycles. The smallest absolute Gasteiger partial charge is 0.237 e. The minimum atomic E-state index is -0.788. The van der Waals surface area contributed by atoms with Crippen LogP contribution in [-0.4, -0.2) is 23.6 Å². The van der Waals surface area contributed by atoms with E-state index in [1.54, 1.807) is 0 Å². The van der Waals surface area contributed by atoms with Crippen LogP contribution in [0.5, 0.6) is 0 Å². The van der Waals surface area contributed by atoms with Crippen molar-refractivity contribution in [1.82, 2.24) is 10.6 Å². The summed E-state index contributed by atoms with van der Waals surface area (Å²) in [7, 11) is 0. The standard InChI is InChI=1S/C19H22N2O2/c22-18(15-10-5-2-6-11-15)17(14-8-3-1-4-9-14)21-19(23)16-12-7-13-20-16/h1-6,8-11,16-18,20,22H,7,12-13H2,(H,21,23)/t16-,17-,18?/m0/s1. The molecule has 2 aromatic rings. The highest BCUT2D eigenvalue weighted by Crippen LogP contribution is 2.29. The number of benzene rings is 2. The third-order valence-corrected chi connectivity index (χ3v) is 4.29. The first-order chi connectivity index (χ1) is 11.3. The number of nitrogens with one attached hydrogen (secondary N) is 2. The molecule has 3 rings (SSSR count). The zero-order valence-corrected chi connectivity index (χ0v) is 13.0. The summed E-state index contributed by atoms with van der Waals surface area (Å²) in [6.45, 7) is 0.870. The maximum absolute atomic E-state index is 12.5. The summed E-state index contributed by atoms with van der Waals surface area (Å²) in [5.74, 6) is -0.0497. The van der Waals surface area contributed by atoms with Gasteiger partial charge in [0, 0.05) is 0 Å². The Morgan fingerprint density at radius 1 is 1.04 bits per heavy atom. The van der Waals surface area contributed by atoms with E-state index in [9.17, 15) is 9.90 Å². The first-order valence-corrected chi connectivity index (χ1v) is 8.07. The summed E-state index contributed by atoms with van der Waals surface area (Å²) in [4.78, 5) is 12.5. The van der Waals surface area contributed by atoms with Gasteiger partial charge in [0.1, 0.15) is 6.10 Å². The minimum absolute atomic E-state index is 0.0497. The van der Waals surface area contributed by atoms with Gasteiger partial charge in [-0.3, -0.25) is 4.79 Å². The topological polar surface area (TPSA) is 61.4 Å². The van der Waals surface area contributed by atoms with E-state index in [-0.39, 0.29) is 11.9 Å². The van der Waals surface area contributed by atoms with Crippen LogP contribution in [0.1, 0.15) is 36.1 Å². The Balaban J connectivity index is 1.83. The van der Waals surface area contributed by atoms with Gasteiger partial charge in [0.2, 0.25) is 5.91 Å². The second-order valence-corrected chi connectivity index (χ2v) is 5.90. The lowest BCUT2D eigenvalue weighted by molar-refractivity contribution is -0.124. The van der Waals surface area contributed by atoms with Gasteiger partial charge in [-0.05, 0) is 30.5 Å². The second kappa shape index (κ2) is 7.40. The molecule has 0 aliphatic carbocycles. The molecule has 1 saturated heterocycles. The number of aliphatic hydroxyl groups excluding tert-OH is 1. The van der Waals surface area contributed by atoms with Gasteiger partial charge >= 0.3 is 0 Å². The Morgan fingerprint density at radius 2 is 1.65 bits per heavy atom. The van der Waals surface area contributed by atoms with E-state index < -0.39 is 12.1 Å². The van der Waals surface area contributed by atoms with E-state index in [1.165, 1.54) is 0 Å². The quantitative estimate of drug-likeness (QED) is 0.794. The van der Waals surface area contributed by atoms with Gasteiger partial charge < -0.3 is 15.7 Å². The molecule has 4 heteroatoms. The van der Waals surface area contributed by atoms with E-state index in [0.717, 1.165) is 30.5 Å². The molecule has 23 heavy (non-hydrogen) atoms. The van der Waals surface area contributed by atoms with Crippen molar-refractivity contribution in [2.24, 2.45) is 0 Å². The predicted molar refractivity (Wildman–Crippen MR) is 89.8 cm³/mol. The summed E-state index contributed by atoms with van der Waals surface area (Å²) in [5.41, 5.74) is 1.69. The largest absolute Gasteiger partial charge is 0.386 e. The molecule has 2 aromatic carbocycles. The molecule has 0 radical (unpaired) electrons. The van der Waals surface area contributed by atoms with Crippen LogP contribution in [0.3, 0.4) is 0 Å².